The van der Waals surface area contributed by atoms with Gasteiger partial charge < -0.3 is 9.88 Å². The van der Waals surface area contributed by atoms with E-state index >= 15 is 0 Å². The largest absolute Gasteiger partial charge is 0.338 e. The van der Waals surface area contributed by atoms with Gasteiger partial charge in [0.25, 0.3) is 5.91 Å². The first-order chi connectivity index (χ1) is 11.0. The second kappa shape index (κ2) is 5.76. The summed E-state index contributed by atoms with van der Waals surface area (Å²) in [6.07, 6.45) is 3.63. The molecule has 0 saturated carbocycles. The molecule has 3 rings (SSSR count). The number of anilines is 1. The van der Waals surface area contributed by atoms with Gasteiger partial charge in [0.2, 0.25) is 0 Å². The number of benzene rings is 1. The fourth-order valence-corrected chi connectivity index (χ4v) is 2.79. The highest BCUT2D eigenvalue weighted by Gasteiger charge is 2.13. The molecule has 3 aromatic rings. The Hall–Kier alpha value is -2.82. The van der Waals surface area contributed by atoms with Crippen LogP contribution in [0.3, 0.4) is 0 Å². The van der Waals surface area contributed by atoms with E-state index in [1.165, 1.54) is 0 Å². The first-order valence-corrected chi connectivity index (χ1v) is 7.58. The normalized spacial score (nSPS) is 11.1. The second-order valence-electron chi connectivity index (χ2n) is 5.84. The summed E-state index contributed by atoms with van der Waals surface area (Å²) in [6.45, 7) is 8.11. The highest BCUT2D eigenvalue weighted by molar-refractivity contribution is 6.06. The van der Waals surface area contributed by atoms with Crippen molar-refractivity contribution in [2.45, 2.75) is 19.9 Å². The van der Waals surface area contributed by atoms with Crippen molar-refractivity contribution in [1.29, 1.82) is 0 Å². The maximum atomic E-state index is 12.4. The molecular weight excluding hydrogens is 288 g/mol. The van der Waals surface area contributed by atoms with Crippen LogP contribution < -0.4 is 5.32 Å². The first kappa shape index (κ1) is 15.1. The summed E-state index contributed by atoms with van der Waals surface area (Å²) in [4.78, 5) is 12.4. The van der Waals surface area contributed by atoms with Gasteiger partial charge in [-0.15, -0.1) is 0 Å². The minimum absolute atomic E-state index is 0.165. The number of aryl methyl sites for hydroxylation is 1. The highest BCUT2D eigenvalue weighted by atomic mass is 16.1. The fraction of sp³-hybridized carbons (Fsp3) is 0.222. The van der Waals surface area contributed by atoms with Crippen LogP contribution in [-0.2, 0) is 7.05 Å². The summed E-state index contributed by atoms with van der Waals surface area (Å²) >= 11 is 0. The Labute approximate surface area is 135 Å². The van der Waals surface area contributed by atoms with Gasteiger partial charge in [-0.25, -0.2) is 0 Å². The van der Waals surface area contributed by atoms with E-state index in [0.717, 1.165) is 16.6 Å². The highest BCUT2D eigenvalue weighted by Crippen LogP contribution is 2.26. The van der Waals surface area contributed by atoms with Crippen LogP contribution in [0.4, 0.5) is 5.82 Å². The number of aromatic nitrogens is 3. The molecule has 0 fully saturated rings. The Morgan fingerprint density at radius 1 is 1.30 bits per heavy atom. The number of nitrogens with zero attached hydrogens (tertiary/aromatic N) is 3. The van der Waals surface area contributed by atoms with Crippen LogP contribution in [-0.4, -0.2) is 20.3 Å². The zero-order valence-electron chi connectivity index (χ0n) is 13.6. The fourth-order valence-electron chi connectivity index (χ4n) is 2.79. The van der Waals surface area contributed by atoms with Gasteiger partial charge in [-0.3, -0.25) is 9.48 Å². The predicted molar refractivity (Wildman–Crippen MR) is 93.6 cm³/mol. The summed E-state index contributed by atoms with van der Waals surface area (Å²) < 4.78 is 3.83. The molecule has 0 spiro atoms. The van der Waals surface area contributed by atoms with Gasteiger partial charge in [0, 0.05) is 47.5 Å². The number of hydrogen-bond acceptors (Lipinski definition) is 2. The molecule has 1 amide bonds. The minimum Gasteiger partial charge on any atom is -0.338 e. The van der Waals surface area contributed by atoms with Gasteiger partial charge in [-0.05, 0) is 38.1 Å². The molecule has 0 unspecified atom stereocenters. The molecule has 0 atom stereocenters. The predicted octanol–water partition coefficient (Wildman–Crippen LogP) is 3.85. The number of rotatable bonds is 4. The molecule has 1 aromatic carbocycles. The second-order valence-corrected chi connectivity index (χ2v) is 5.84. The average Bonchev–Trinajstić information content (AvgIpc) is 3.09. The summed E-state index contributed by atoms with van der Waals surface area (Å²) in [5.74, 6) is 0.380. The average molecular weight is 308 g/mol. The van der Waals surface area contributed by atoms with Crippen LogP contribution in [0.15, 0.2) is 43.1 Å². The molecular formula is C18H20N4O. The van der Waals surface area contributed by atoms with Gasteiger partial charge >= 0.3 is 0 Å². The van der Waals surface area contributed by atoms with Crippen LogP contribution >= 0.6 is 0 Å². The third kappa shape index (κ3) is 2.77. The molecule has 0 aliphatic carbocycles. The lowest BCUT2D eigenvalue weighted by Crippen LogP contribution is -2.13. The van der Waals surface area contributed by atoms with Crippen molar-refractivity contribution < 1.29 is 4.79 Å². The monoisotopic (exact) mass is 308 g/mol. The zero-order chi connectivity index (χ0) is 16.6. The van der Waals surface area contributed by atoms with E-state index < -0.39 is 0 Å². The number of hydrogen-bond donors (Lipinski definition) is 1. The lowest BCUT2D eigenvalue weighted by Gasteiger charge is -2.13. The maximum absolute atomic E-state index is 12.4. The molecule has 0 aliphatic heterocycles. The van der Waals surface area contributed by atoms with Crippen LogP contribution in [0.25, 0.3) is 17.0 Å². The molecule has 0 radical (unpaired) electrons. The minimum atomic E-state index is -0.165. The Bertz CT molecular complexity index is 886. The van der Waals surface area contributed by atoms with E-state index in [4.69, 9.17) is 0 Å². The molecule has 0 bridgehead atoms. The molecule has 5 heteroatoms. The Kier molecular flexibility index (Phi) is 3.78. The number of fused-ring (bicyclic) bond motifs is 1. The third-order valence-corrected chi connectivity index (χ3v) is 3.81. The zero-order valence-corrected chi connectivity index (χ0v) is 13.6. The van der Waals surface area contributed by atoms with Crippen LogP contribution in [0.5, 0.6) is 0 Å². The molecule has 118 valence electrons. The standard InChI is InChI=1S/C18H20N4O/c1-5-15-10-13-6-7-14(11-16(13)22(15)12(2)3)18(23)19-17-8-9-21(4)20-17/h5-12H,1H2,2-4H3,(H,19,20,23). The van der Waals surface area contributed by atoms with Crippen LogP contribution in [0, 0.1) is 0 Å². The Balaban J connectivity index is 2.00. The van der Waals surface area contributed by atoms with Crippen molar-refractivity contribution in [3.63, 3.8) is 0 Å². The molecule has 1 N–H and O–H groups in total. The van der Waals surface area contributed by atoms with Gasteiger partial charge in [0.15, 0.2) is 5.82 Å². The quantitative estimate of drug-likeness (QED) is 0.796. The van der Waals surface area contributed by atoms with E-state index in [1.807, 2.05) is 31.3 Å². The van der Waals surface area contributed by atoms with Crippen LogP contribution in [0.1, 0.15) is 35.9 Å². The van der Waals surface area contributed by atoms with Gasteiger partial charge in [0.1, 0.15) is 0 Å². The third-order valence-electron chi connectivity index (χ3n) is 3.81. The van der Waals surface area contributed by atoms with E-state index in [1.54, 1.807) is 16.9 Å². The van der Waals surface area contributed by atoms with Crippen molar-refractivity contribution in [2.24, 2.45) is 7.05 Å². The topological polar surface area (TPSA) is 51.9 Å². The summed E-state index contributed by atoms with van der Waals surface area (Å²) in [5.41, 5.74) is 2.69. The van der Waals surface area contributed by atoms with Gasteiger partial charge in [-0.2, -0.15) is 5.10 Å². The molecule has 2 aromatic heterocycles. The van der Waals surface area contributed by atoms with Crippen molar-refractivity contribution in [1.82, 2.24) is 14.3 Å². The Morgan fingerprint density at radius 3 is 2.70 bits per heavy atom. The first-order valence-electron chi connectivity index (χ1n) is 7.58. The van der Waals surface area contributed by atoms with Crippen molar-refractivity contribution in [3.05, 3.63) is 54.4 Å². The van der Waals surface area contributed by atoms with Gasteiger partial charge in [0.05, 0.1) is 0 Å². The van der Waals surface area contributed by atoms with Crippen molar-refractivity contribution >= 4 is 28.7 Å². The summed E-state index contributed by atoms with van der Waals surface area (Å²) in [6, 6.07) is 9.86. The van der Waals surface area contributed by atoms with E-state index in [-0.39, 0.29) is 11.9 Å². The van der Waals surface area contributed by atoms with E-state index in [2.05, 4.69) is 41.5 Å². The van der Waals surface area contributed by atoms with Crippen molar-refractivity contribution in [2.75, 3.05) is 5.32 Å². The lowest BCUT2D eigenvalue weighted by molar-refractivity contribution is 0.102. The number of nitrogens with one attached hydrogen (secondary N) is 1. The number of amides is 1. The number of carbonyl (C=O) groups excluding carboxylic acids is 1. The Morgan fingerprint density at radius 2 is 2.09 bits per heavy atom. The lowest BCUT2D eigenvalue weighted by atomic mass is 10.1. The maximum Gasteiger partial charge on any atom is 0.256 e. The van der Waals surface area contributed by atoms with Gasteiger partial charge in [-0.1, -0.05) is 12.6 Å². The van der Waals surface area contributed by atoms with Crippen LogP contribution in [0.2, 0.25) is 0 Å². The molecule has 23 heavy (non-hydrogen) atoms. The summed E-state index contributed by atoms with van der Waals surface area (Å²) in [5, 5.41) is 8.08. The van der Waals surface area contributed by atoms with Crippen molar-refractivity contribution in [3.8, 4) is 0 Å². The van der Waals surface area contributed by atoms with E-state index in [0.29, 0.717) is 11.4 Å². The SMILES string of the molecule is C=Cc1cc2ccc(C(=O)Nc3ccn(C)n3)cc2n1C(C)C. The summed E-state index contributed by atoms with van der Waals surface area (Å²) in [7, 11) is 1.81. The molecule has 0 saturated heterocycles. The molecule has 5 nitrogen and oxygen atoms in total. The molecule has 0 aliphatic rings. The smallest absolute Gasteiger partial charge is 0.256 e. The number of carbonyl (C=O) groups is 1. The van der Waals surface area contributed by atoms with E-state index in [9.17, 15) is 4.79 Å². The molecule has 2 heterocycles.